The van der Waals surface area contributed by atoms with Gasteiger partial charge in [-0.05, 0) is 49.2 Å². The Kier molecular flexibility index (Phi) is 4.39. The molecule has 0 radical (unpaired) electrons. The van der Waals surface area contributed by atoms with Crippen molar-refractivity contribution < 1.29 is 22.7 Å². The fraction of sp³-hybridized carbons (Fsp3) is 0.267. The molecule has 0 unspecified atom stereocenters. The topological polar surface area (TPSA) is 87.8 Å². The maximum atomic E-state index is 12.7. The third-order valence-electron chi connectivity index (χ3n) is 3.51. The quantitative estimate of drug-likeness (QED) is 0.913. The molecule has 0 saturated heterocycles. The zero-order valence-corrected chi connectivity index (χ0v) is 13.3. The van der Waals surface area contributed by atoms with Crippen molar-refractivity contribution in [2.24, 2.45) is 0 Å². The van der Waals surface area contributed by atoms with Crippen molar-refractivity contribution in [3.8, 4) is 0 Å². The van der Waals surface area contributed by atoms with Gasteiger partial charge < -0.3 is 9.52 Å². The molecule has 1 aromatic heterocycles. The van der Waals surface area contributed by atoms with Gasteiger partial charge in [0.2, 0.25) is 10.0 Å². The van der Waals surface area contributed by atoms with Gasteiger partial charge in [0.15, 0.2) is 0 Å². The van der Waals surface area contributed by atoms with Gasteiger partial charge in [-0.1, -0.05) is 0 Å². The average Bonchev–Trinajstić information content (AvgIpc) is 2.93. The van der Waals surface area contributed by atoms with Gasteiger partial charge in [0.25, 0.3) is 0 Å². The molecule has 22 heavy (non-hydrogen) atoms. The minimum Gasteiger partial charge on any atom is -0.478 e. The van der Waals surface area contributed by atoms with Gasteiger partial charge in [0.05, 0.1) is 23.3 Å². The van der Waals surface area contributed by atoms with E-state index in [-0.39, 0.29) is 17.0 Å². The molecular formula is C15H17NO5S. The Bertz CT molecular complexity index is 794. The number of carboxylic acids is 1. The van der Waals surface area contributed by atoms with Crippen LogP contribution in [0.2, 0.25) is 0 Å². The van der Waals surface area contributed by atoms with Gasteiger partial charge in [0, 0.05) is 7.05 Å². The molecule has 0 bridgehead atoms. The standard InChI is InChI=1S/C15H17NO5S/c1-10-7-12(15(17)18)8-14(11(10)2)22(19,20)16(3)9-13-5-4-6-21-13/h4-8H,9H2,1-3H3,(H,17,18). The number of carbonyl (C=O) groups is 1. The first-order valence-electron chi connectivity index (χ1n) is 6.56. The van der Waals surface area contributed by atoms with Crippen LogP contribution in [0.15, 0.2) is 39.8 Å². The molecule has 0 atom stereocenters. The third-order valence-corrected chi connectivity index (χ3v) is 5.44. The summed E-state index contributed by atoms with van der Waals surface area (Å²) in [5.41, 5.74) is 1.11. The van der Waals surface area contributed by atoms with Crippen molar-refractivity contribution in [1.82, 2.24) is 4.31 Å². The van der Waals surface area contributed by atoms with E-state index >= 15 is 0 Å². The molecule has 0 aliphatic carbocycles. The Balaban J connectivity index is 2.46. The molecule has 0 amide bonds. The Labute approximate surface area is 129 Å². The van der Waals surface area contributed by atoms with Crippen molar-refractivity contribution in [2.45, 2.75) is 25.3 Å². The van der Waals surface area contributed by atoms with Gasteiger partial charge in [-0.2, -0.15) is 4.31 Å². The average molecular weight is 323 g/mol. The molecule has 1 heterocycles. The molecule has 2 rings (SSSR count). The molecule has 0 aliphatic rings. The monoisotopic (exact) mass is 323 g/mol. The predicted molar refractivity (Wildman–Crippen MR) is 80.2 cm³/mol. The second-order valence-electron chi connectivity index (χ2n) is 5.06. The summed E-state index contributed by atoms with van der Waals surface area (Å²) in [6, 6.07) is 6.01. The van der Waals surface area contributed by atoms with E-state index in [9.17, 15) is 13.2 Å². The first-order valence-corrected chi connectivity index (χ1v) is 8.00. The number of carboxylic acid groups (broad SMARTS) is 1. The highest BCUT2D eigenvalue weighted by atomic mass is 32.2. The highest BCUT2D eigenvalue weighted by Crippen LogP contribution is 2.25. The fourth-order valence-electron chi connectivity index (χ4n) is 2.09. The number of aryl methyl sites for hydroxylation is 1. The van der Waals surface area contributed by atoms with Crippen LogP contribution in [0.25, 0.3) is 0 Å². The summed E-state index contributed by atoms with van der Waals surface area (Å²) in [5, 5.41) is 9.11. The van der Waals surface area contributed by atoms with E-state index in [2.05, 4.69) is 0 Å². The summed E-state index contributed by atoms with van der Waals surface area (Å²) >= 11 is 0. The van der Waals surface area contributed by atoms with Gasteiger partial charge in [-0.15, -0.1) is 0 Å². The Morgan fingerprint density at radius 2 is 2.00 bits per heavy atom. The van der Waals surface area contributed by atoms with Gasteiger partial charge in [-0.25, -0.2) is 13.2 Å². The zero-order chi connectivity index (χ0) is 16.5. The van der Waals surface area contributed by atoms with Gasteiger partial charge in [-0.3, -0.25) is 0 Å². The first-order chi connectivity index (χ1) is 10.2. The number of nitrogens with zero attached hydrogens (tertiary/aromatic N) is 1. The summed E-state index contributed by atoms with van der Waals surface area (Å²) in [4.78, 5) is 11.1. The van der Waals surface area contributed by atoms with E-state index in [1.54, 1.807) is 26.0 Å². The lowest BCUT2D eigenvalue weighted by atomic mass is 10.1. The molecule has 2 aromatic rings. The number of hydrogen-bond donors (Lipinski definition) is 1. The molecule has 0 fully saturated rings. The zero-order valence-electron chi connectivity index (χ0n) is 12.5. The van der Waals surface area contributed by atoms with Crippen LogP contribution in [0.4, 0.5) is 0 Å². The third kappa shape index (κ3) is 3.05. The van der Waals surface area contributed by atoms with Crippen LogP contribution in [0.5, 0.6) is 0 Å². The van der Waals surface area contributed by atoms with Crippen LogP contribution < -0.4 is 0 Å². The number of hydrogen-bond acceptors (Lipinski definition) is 4. The minimum atomic E-state index is -3.81. The minimum absolute atomic E-state index is 0.000967. The number of benzene rings is 1. The van der Waals surface area contributed by atoms with E-state index in [4.69, 9.17) is 9.52 Å². The van der Waals surface area contributed by atoms with Crippen LogP contribution in [0.1, 0.15) is 27.2 Å². The van der Waals surface area contributed by atoms with Crippen LogP contribution in [0, 0.1) is 13.8 Å². The molecule has 1 N–H and O–H groups in total. The van der Waals surface area contributed by atoms with E-state index < -0.39 is 16.0 Å². The highest BCUT2D eigenvalue weighted by molar-refractivity contribution is 7.89. The number of sulfonamides is 1. The summed E-state index contributed by atoms with van der Waals surface area (Å²) in [6.07, 6.45) is 1.47. The maximum Gasteiger partial charge on any atom is 0.335 e. The van der Waals surface area contributed by atoms with Crippen LogP contribution in [0.3, 0.4) is 0 Å². The molecule has 6 nitrogen and oxygen atoms in total. The van der Waals surface area contributed by atoms with Crippen molar-refractivity contribution in [1.29, 1.82) is 0 Å². The van der Waals surface area contributed by atoms with Gasteiger partial charge in [0.1, 0.15) is 5.76 Å². The predicted octanol–water partition coefficient (Wildman–Crippen LogP) is 2.42. The van der Waals surface area contributed by atoms with Crippen molar-refractivity contribution >= 4 is 16.0 Å². The molecule has 7 heteroatoms. The Morgan fingerprint density at radius 1 is 1.32 bits per heavy atom. The lowest BCUT2D eigenvalue weighted by molar-refractivity contribution is 0.0696. The second-order valence-corrected chi connectivity index (χ2v) is 7.08. The van der Waals surface area contributed by atoms with Crippen molar-refractivity contribution in [3.05, 3.63) is 53.0 Å². The van der Waals surface area contributed by atoms with E-state index in [0.29, 0.717) is 16.9 Å². The molecule has 118 valence electrons. The highest BCUT2D eigenvalue weighted by Gasteiger charge is 2.25. The number of aromatic carboxylic acids is 1. The Morgan fingerprint density at radius 3 is 2.55 bits per heavy atom. The summed E-state index contributed by atoms with van der Waals surface area (Å²) in [7, 11) is -2.38. The molecule has 1 aromatic carbocycles. The van der Waals surface area contributed by atoms with Gasteiger partial charge >= 0.3 is 5.97 Å². The van der Waals surface area contributed by atoms with Crippen molar-refractivity contribution in [2.75, 3.05) is 7.05 Å². The first kappa shape index (κ1) is 16.3. The maximum absolute atomic E-state index is 12.7. The Hall–Kier alpha value is -2.12. The molecule has 0 spiro atoms. The fourth-order valence-corrected chi connectivity index (χ4v) is 3.55. The largest absolute Gasteiger partial charge is 0.478 e. The van der Waals surface area contributed by atoms with E-state index in [0.717, 1.165) is 4.31 Å². The molecular weight excluding hydrogens is 306 g/mol. The van der Waals surface area contributed by atoms with Crippen LogP contribution >= 0.6 is 0 Å². The normalized spacial score (nSPS) is 11.8. The second kappa shape index (κ2) is 5.94. The van der Waals surface area contributed by atoms with Crippen molar-refractivity contribution in [3.63, 3.8) is 0 Å². The smallest absolute Gasteiger partial charge is 0.335 e. The van der Waals surface area contributed by atoms with E-state index in [1.165, 1.54) is 25.4 Å². The van der Waals surface area contributed by atoms with E-state index in [1.807, 2.05) is 0 Å². The lowest BCUT2D eigenvalue weighted by Gasteiger charge is -2.19. The van der Waals surface area contributed by atoms with Crippen LogP contribution in [-0.4, -0.2) is 30.8 Å². The molecule has 0 saturated carbocycles. The van der Waals surface area contributed by atoms with Crippen LogP contribution in [-0.2, 0) is 16.6 Å². The number of furan rings is 1. The number of rotatable bonds is 5. The summed E-state index contributed by atoms with van der Waals surface area (Å²) in [6.45, 7) is 3.42. The molecule has 0 aliphatic heterocycles. The lowest BCUT2D eigenvalue weighted by Crippen LogP contribution is -2.27. The SMILES string of the molecule is Cc1cc(C(=O)O)cc(S(=O)(=O)N(C)Cc2ccco2)c1C. The summed E-state index contributed by atoms with van der Waals surface area (Å²) < 4.78 is 31.7. The summed E-state index contributed by atoms with van der Waals surface area (Å²) in [5.74, 6) is -0.650.